The van der Waals surface area contributed by atoms with Gasteiger partial charge in [0.1, 0.15) is 5.69 Å². The van der Waals surface area contributed by atoms with Gasteiger partial charge in [-0.1, -0.05) is 0 Å². The van der Waals surface area contributed by atoms with Gasteiger partial charge in [-0.15, -0.1) is 0 Å². The van der Waals surface area contributed by atoms with Crippen molar-refractivity contribution >= 4 is 0 Å². The van der Waals surface area contributed by atoms with E-state index in [-0.39, 0.29) is 6.04 Å². The number of hydrogen-bond acceptors (Lipinski definition) is 4. The van der Waals surface area contributed by atoms with Gasteiger partial charge in [-0.25, -0.2) is 9.97 Å². The first kappa shape index (κ1) is 13.2. The predicted octanol–water partition coefficient (Wildman–Crippen LogP) is 2.10. The number of pyridine rings is 1. The van der Waals surface area contributed by atoms with E-state index in [1.165, 1.54) is 5.56 Å². The Hall–Kier alpha value is -2.47. The van der Waals surface area contributed by atoms with Crippen LogP contribution in [0.15, 0.2) is 49.4 Å². The summed E-state index contributed by atoms with van der Waals surface area (Å²) in [5.74, 6) is 1.34. The number of H-pyrrole nitrogens is 1. The van der Waals surface area contributed by atoms with Crippen LogP contribution in [0.1, 0.15) is 11.6 Å². The normalized spacial score (nSPS) is 21.3. The fourth-order valence-corrected chi connectivity index (χ4v) is 3.08. The maximum Gasteiger partial charge on any atom is 0.158 e. The number of nitrogens with zero attached hydrogens (tertiary/aromatic N) is 4. The summed E-state index contributed by atoms with van der Waals surface area (Å²) in [7, 11) is 0. The van der Waals surface area contributed by atoms with Crippen molar-refractivity contribution in [2.24, 2.45) is 5.92 Å². The highest BCUT2D eigenvalue weighted by Crippen LogP contribution is 2.31. The SMILES string of the molecule is c1cc(C[C@@H]2COC[C@H]2n2ccnc2-c2cnc[nH]2)ccn1. The molecule has 2 atom stereocenters. The van der Waals surface area contributed by atoms with Crippen LogP contribution in [0.3, 0.4) is 0 Å². The minimum Gasteiger partial charge on any atom is -0.379 e. The molecule has 0 aromatic carbocycles. The van der Waals surface area contributed by atoms with Crippen LogP contribution in [0.5, 0.6) is 0 Å². The lowest BCUT2D eigenvalue weighted by molar-refractivity contribution is 0.181. The lowest BCUT2D eigenvalue weighted by Crippen LogP contribution is -2.20. The molecule has 0 bridgehead atoms. The topological polar surface area (TPSA) is 68.6 Å². The van der Waals surface area contributed by atoms with Crippen LogP contribution >= 0.6 is 0 Å². The molecule has 1 fully saturated rings. The summed E-state index contributed by atoms with van der Waals surface area (Å²) in [6, 6.07) is 4.42. The number of imidazole rings is 2. The molecule has 3 aromatic rings. The van der Waals surface area contributed by atoms with E-state index in [0.29, 0.717) is 12.5 Å². The van der Waals surface area contributed by atoms with E-state index in [4.69, 9.17) is 4.74 Å². The van der Waals surface area contributed by atoms with E-state index in [9.17, 15) is 0 Å². The molecule has 1 aliphatic heterocycles. The van der Waals surface area contributed by atoms with E-state index in [0.717, 1.165) is 24.5 Å². The largest absolute Gasteiger partial charge is 0.379 e. The van der Waals surface area contributed by atoms with Crippen LogP contribution in [0.4, 0.5) is 0 Å². The molecular weight excluding hydrogens is 278 g/mol. The molecule has 3 aromatic heterocycles. The first-order valence-corrected chi connectivity index (χ1v) is 7.40. The van der Waals surface area contributed by atoms with Crippen molar-refractivity contribution in [3.8, 4) is 11.5 Å². The molecule has 0 spiro atoms. The highest BCUT2D eigenvalue weighted by Gasteiger charge is 2.31. The molecule has 4 heterocycles. The first-order chi connectivity index (χ1) is 10.9. The molecule has 0 unspecified atom stereocenters. The van der Waals surface area contributed by atoms with Crippen LogP contribution in [0.25, 0.3) is 11.5 Å². The number of aromatic nitrogens is 5. The maximum absolute atomic E-state index is 5.75. The third-order valence-electron chi connectivity index (χ3n) is 4.18. The van der Waals surface area contributed by atoms with Gasteiger partial charge in [-0.3, -0.25) is 4.98 Å². The molecule has 1 saturated heterocycles. The quantitative estimate of drug-likeness (QED) is 0.800. The molecule has 0 saturated carbocycles. The third-order valence-corrected chi connectivity index (χ3v) is 4.18. The van der Waals surface area contributed by atoms with Crippen molar-refractivity contribution in [3.05, 3.63) is 55.0 Å². The van der Waals surface area contributed by atoms with Crippen molar-refractivity contribution in [2.45, 2.75) is 12.5 Å². The molecular formula is C16H17N5O. The Morgan fingerprint density at radius 3 is 2.91 bits per heavy atom. The van der Waals surface area contributed by atoms with Gasteiger partial charge in [-0.2, -0.15) is 0 Å². The van der Waals surface area contributed by atoms with Crippen LogP contribution in [-0.4, -0.2) is 37.7 Å². The molecule has 0 radical (unpaired) electrons. The highest BCUT2D eigenvalue weighted by atomic mass is 16.5. The Morgan fingerprint density at radius 1 is 1.18 bits per heavy atom. The van der Waals surface area contributed by atoms with Crippen LogP contribution in [0.2, 0.25) is 0 Å². The lowest BCUT2D eigenvalue weighted by Gasteiger charge is -2.20. The Balaban J connectivity index is 1.61. The zero-order chi connectivity index (χ0) is 14.8. The summed E-state index contributed by atoms with van der Waals surface area (Å²) >= 11 is 0. The van der Waals surface area contributed by atoms with Gasteiger partial charge in [0.25, 0.3) is 0 Å². The summed E-state index contributed by atoms with van der Waals surface area (Å²) in [6.45, 7) is 1.49. The Labute approximate surface area is 128 Å². The van der Waals surface area contributed by atoms with E-state index in [1.807, 2.05) is 24.8 Å². The van der Waals surface area contributed by atoms with Crippen molar-refractivity contribution in [1.29, 1.82) is 0 Å². The maximum atomic E-state index is 5.75. The summed E-state index contributed by atoms with van der Waals surface area (Å²) < 4.78 is 7.95. The van der Waals surface area contributed by atoms with Gasteiger partial charge in [0, 0.05) is 30.7 Å². The van der Waals surface area contributed by atoms with Gasteiger partial charge in [-0.05, 0) is 24.1 Å². The second-order valence-corrected chi connectivity index (χ2v) is 5.55. The second kappa shape index (κ2) is 5.73. The number of hydrogen-bond donors (Lipinski definition) is 1. The zero-order valence-electron chi connectivity index (χ0n) is 12.1. The molecule has 0 aliphatic carbocycles. The molecule has 6 nitrogen and oxygen atoms in total. The first-order valence-electron chi connectivity index (χ1n) is 7.40. The van der Waals surface area contributed by atoms with Crippen LogP contribution < -0.4 is 0 Å². The van der Waals surface area contributed by atoms with Gasteiger partial charge in [0.2, 0.25) is 0 Å². The Kier molecular flexibility index (Phi) is 3.44. The van der Waals surface area contributed by atoms with Crippen LogP contribution in [-0.2, 0) is 11.2 Å². The lowest BCUT2D eigenvalue weighted by atomic mass is 9.95. The average molecular weight is 295 g/mol. The van der Waals surface area contributed by atoms with E-state index in [1.54, 1.807) is 12.5 Å². The molecule has 4 rings (SSSR count). The second-order valence-electron chi connectivity index (χ2n) is 5.55. The zero-order valence-corrected chi connectivity index (χ0v) is 12.1. The molecule has 1 aliphatic rings. The monoisotopic (exact) mass is 295 g/mol. The summed E-state index contributed by atoms with van der Waals surface area (Å²) in [6.07, 6.45) is 12.0. The van der Waals surface area contributed by atoms with Crippen LogP contribution in [0, 0.1) is 5.92 Å². The minimum atomic E-state index is 0.286. The third kappa shape index (κ3) is 2.42. The van der Waals surface area contributed by atoms with Crippen molar-refractivity contribution in [1.82, 2.24) is 24.5 Å². The van der Waals surface area contributed by atoms with Gasteiger partial charge in [0.05, 0.1) is 31.8 Å². The number of rotatable bonds is 4. The van der Waals surface area contributed by atoms with E-state index >= 15 is 0 Å². The van der Waals surface area contributed by atoms with E-state index in [2.05, 4.69) is 36.6 Å². The fourth-order valence-electron chi connectivity index (χ4n) is 3.08. The summed E-state index contributed by atoms with van der Waals surface area (Å²) in [4.78, 5) is 15.8. The average Bonchev–Trinajstić information content (AvgIpc) is 3.29. The Morgan fingerprint density at radius 2 is 2.09 bits per heavy atom. The molecule has 22 heavy (non-hydrogen) atoms. The predicted molar refractivity (Wildman–Crippen MR) is 81.1 cm³/mol. The number of ether oxygens (including phenoxy) is 1. The number of nitrogens with one attached hydrogen (secondary N) is 1. The highest BCUT2D eigenvalue weighted by molar-refractivity contribution is 5.48. The summed E-state index contributed by atoms with van der Waals surface area (Å²) in [5.41, 5.74) is 2.22. The van der Waals surface area contributed by atoms with E-state index < -0.39 is 0 Å². The standard InChI is InChI=1S/C16H17N5O/c1-3-17-4-2-12(1)7-13-9-22-10-15(13)21-6-5-19-16(21)14-8-18-11-20-14/h1-6,8,11,13,15H,7,9-10H2,(H,18,20)/t13-,15-/m1/s1. The van der Waals surface area contributed by atoms with Crippen molar-refractivity contribution < 1.29 is 4.74 Å². The molecule has 6 heteroatoms. The van der Waals surface area contributed by atoms with Gasteiger partial charge in [0.15, 0.2) is 5.82 Å². The van der Waals surface area contributed by atoms with Crippen molar-refractivity contribution in [3.63, 3.8) is 0 Å². The molecule has 112 valence electrons. The summed E-state index contributed by atoms with van der Waals surface area (Å²) in [5, 5.41) is 0. The molecule has 0 amide bonds. The smallest absolute Gasteiger partial charge is 0.158 e. The van der Waals surface area contributed by atoms with Crippen molar-refractivity contribution in [2.75, 3.05) is 13.2 Å². The Bertz CT molecular complexity index is 722. The minimum absolute atomic E-state index is 0.286. The van der Waals surface area contributed by atoms with Gasteiger partial charge < -0.3 is 14.3 Å². The number of aromatic amines is 1. The molecule has 1 N–H and O–H groups in total. The van der Waals surface area contributed by atoms with Gasteiger partial charge >= 0.3 is 0 Å². The fraction of sp³-hybridized carbons (Fsp3) is 0.312.